The van der Waals surface area contributed by atoms with Crippen molar-refractivity contribution in [2.24, 2.45) is 0 Å². The Kier molecular flexibility index (Phi) is 4.44. The first-order chi connectivity index (χ1) is 6.88. The molecule has 0 saturated carbocycles. The van der Waals surface area contributed by atoms with Gasteiger partial charge in [-0.1, -0.05) is 11.6 Å². The molecule has 0 aliphatic heterocycles. The molecule has 1 rings (SSSR count). The fourth-order valence-electron chi connectivity index (χ4n) is 1.12. The molecule has 0 aliphatic rings. The second kappa shape index (κ2) is 5.19. The Hall–Kier alpha value is -0.250. The molecule has 0 bridgehead atoms. The predicted octanol–water partition coefficient (Wildman–Crippen LogP) is 3.68. The summed E-state index contributed by atoms with van der Waals surface area (Å²) in [6.45, 7) is 4.31. The van der Waals surface area contributed by atoms with Gasteiger partial charge in [-0.15, -0.1) is 0 Å². The van der Waals surface area contributed by atoms with Crippen LogP contribution in [0.3, 0.4) is 0 Å². The highest BCUT2D eigenvalue weighted by Gasteiger charge is 2.11. The van der Waals surface area contributed by atoms with Gasteiger partial charge in [0.15, 0.2) is 0 Å². The van der Waals surface area contributed by atoms with Gasteiger partial charge in [-0.3, -0.25) is 0 Å². The molecule has 0 saturated heterocycles. The van der Waals surface area contributed by atoms with Crippen molar-refractivity contribution in [2.75, 3.05) is 11.9 Å². The van der Waals surface area contributed by atoms with Crippen LogP contribution in [0.5, 0.6) is 0 Å². The van der Waals surface area contributed by atoms with E-state index in [1.54, 1.807) is 13.8 Å². The first kappa shape index (κ1) is 12.8. The number of hydrogen-bond acceptors (Lipinski definition) is 2. The maximum atomic E-state index is 9.52. The zero-order valence-corrected chi connectivity index (χ0v) is 11.2. The SMILES string of the molecule is CC(C)(O)CCNc1ccc(Br)c(Cl)c1. The van der Waals surface area contributed by atoms with Crippen LogP contribution >= 0.6 is 27.5 Å². The van der Waals surface area contributed by atoms with Crippen LogP contribution in [0.1, 0.15) is 20.3 Å². The summed E-state index contributed by atoms with van der Waals surface area (Å²) in [7, 11) is 0. The quantitative estimate of drug-likeness (QED) is 0.887. The zero-order valence-electron chi connectivity index (χ0n) is 8.85. The minimum atomic E-state index is -0.633. The smallest absolute Gasteiger partial charge is 0.0608 e. The molecular weight excluding hydrogens is 277 g/mol. The first-order valence-electron chi connectivity index (χ1n) is 4.80. The molecule has 2 nitrogen and oxygen atoms in total. The topological polar surface area (TPSA) is 32.3 Å². The van der Waals surface area contributed by atoms with Crippen LogP contribution in [-0.4, -0.2) is 17.3 Å². The lowest BCUT2D eigenvalue weighted by atomic mass is 10.1. The fraction of sp³-hybridized carbons (Fsp3) is 0.455. The van der Waals surface area contributed by atoms with Gasteiger partial charge in [-0.05, 0) is 54.4 Å². The highest BCUT2D eigenvalue weighted by Crippen LogP contribution is 2.25. The molecular formula is C11H15BrClNO. The lowest BCUT2D eigenvalue weighted by Crippen LogP contribution is -2.22. The van der Waals surface area contributed by atoms with Crippen LogP contribution in [0.25, 0.3) is 0 Å². The van der Waals surface area contributed by atoms with Crippen molar-refractivity contribution in [3.05, 3.63) is 27.7 Å². The molecule has 1 aromatic rings. The van der Waals surface area contributed by atoms with Crippen LogP contribution in [0.15, 0.2) is 22.7 Å². The van der Waals surface area contributed by atoms with Crippen LogP contribution in [0.4, 0.5) is 5.69 Å². The van der Waals surface area contributed by atoms with E-state index in [-0.39, 0.29) is 0 Å². The van der Waals surface area contributed by atoms with Gasteiger partial charge in [-0.2, -0.15) is 0 Å². The van der Waals surface area contributed by atoms with E-state index in [4.69, 9.17) is 11.6 Å². The van der Waals surface area contributed by atoms with Crippen LogP contribution < -0.4 is 5.32 Å². The number of halogens is 2. The molecule has 0 heterocycles. The van der Waals surface area contributed by atoms with Crippen LogP contribution in [-0.2, 0) is 0 Å². The van der Waals surface area contributed by atoms with E-state index in [0.717, 1.165) is 16.7 Å². The number of aliphatic hydroxyl groups is 1. The maximum absolute atomic E-state index is 9.52. The predicted molar refractivity (Wildman–Crippen MR) is 68.6 cm³/mol. The molecule has 0 aromatic heterocycles. The fourth-order valence-corrected chi connectivity index (χ4v) is 1.55. The molecule has 2 N–H and O–H groups in total. The molecule has 0 radical (unpaired) electrons. The monoisotopic (exact) mass is 291 g/mol. The van der Waals surface area contributed by atoms with E-state index < -0.39 is 5.60 Å². The Labute approximate surface area is 104 Å². The minimum Gasteiger partial charge on any atom is -0.390 e. The summed E-state index contributed by atoms with van der Waals surface area (Å²) < 4.78 is 0.886. The van der Waals surface area contributed by atoms with Crippen molar-refractivity contribution in [3.63, 3.8) is 0 Å². The van der Waals surface area contributed by atoms with Gasteiger partial charge in [0.1, 0.15) is 0 Å². The summed E-state index contributed by atoms with van der Waals surface area (Å²) in [5.41, 5.74) is 0.332. The number of benzene rings is 1. The standard InChI is InChI=1S/C11H15BrClNO/c1-11(2,15)5-6-14-8-3-4-9(12)10(13)7-8/h3-4,7,14-15H,5-6H2,1-2H3. The van der Waals surface area contributed by atoms with Gasteiger partial charge in [0.2, 0.25) is 0 Å². The van der Waals surface area contributed by atoms with Gasteiger partial charge in [-0.25, -0.2) is 0 Å². The van der Waals surface area contributed by atoms with E-state index in [0.29, 0.717) is 11.4 Å². The summed E-state index contributed by atoms with van der Waals surface area (Å²) in [6, 6.07) is 5.70. The number of anilines is 1. The third-order valence-electron chi connectivity index (χ3n) is 1.99. The second-order valence-electron chi connectivity index (χ2n) is 4.12. The lowest BCUT2D eigenvalue weighted by molar-refractivity contribution is 0.0749. The third-order valence-corrected chi connectivity index (χ3v) is 3.22. The molecule has 4 heteroatoms. The Morgan fingerprint density at radius 1 is 1.47 bits per heavy atom. The molecule has 0 unspecified atom stereocenters. The molecule has 1 aromatic carbocycles. The van der Waals surface area contributed by atoms with E-state index in [2.05, 4.69) is 21.2 Å². The Morgan fingerprint density at radius 3 is 2.67 bits per heavy atom. The van der Waals surface area contributed by atoms with Crippen molar-refractivity contribution in [1.82, 2.24) is 0 Å². The van der Waals surface area contributed by atoms with Crippen LogP contribution in [0.2, 0.25) is 5.02 Å². The molecule has 0 aliphatic carbocycles. The molecule has 0 spiro atoms. The Bertz CT molecular complexity index is 336. The molecule has 0 atom stereocenters. The highest BCUT2D eigenvalue weighted by molar-refractivity contribution is 9.10. The van der Waals surface area contributed by atoms with Gasteiger partial charge in [0.05, 0.1) is 10.6 Å². The van der Waals surface area contributed by atoms with Gasteiger partial charge in [0.25, 0.3) is 0 Å². The molecule has 0 amide bonds. The van der Waals surface area contributed by atoms with Crippen molar-refractivity contribution in [3.8, 4) is 0 Å². The van der Waals surface area contributed by atoms with Gasteiger partial charge >= 0.3 is 0 Å². The summed E-state index contributed by atoms with van der Waals surface area (Å²) in [4.78, 5) is 0. The largest absolute Gasteiger partial charge is 0.390 e. The summed E-state index contributed by atoms with van der Waals surface area (Å²) >= 11 is 9.28. The number of nitrogens with one attached hydrogen (secondary N) is 1. The third kappa shape index (κ3) is 4.87. The summed E-state index contributed by atoms with van der Waals surface area (Å²) in [6.07, 6.45) is 0.695. The van der Waals surface area contributed by atoms with Gasteiger partial charge < -0.3 is 10.4 Å². The normalized spacial score (nSPS) is 11.5. The molecule has 0 fully saturated rings. The highest BCUT2D eigenvalue weighted by atomic mass is 79.9. The zero-order chi connectivity index (χ0) is 11.5. The van der Waals surface area contributed by atoms with E-state index in [9.17, 15) is 5.11 Å². The minimum absolute atomic E-state index is 0.633. The van der Waals surface area contributed by atoms with E-state index in [1.807, 2.05) is 18.2 Å². The number of rotatable bonds is 4. The van der Waals surface area contributed by atoms with Crippen molar-refractivity contribution < 1.29 is 5.11 Å². The molecule has 15 heavy (non-hydrogen) atoms. The van der Waals surface area contributed by atoms with E-state index in [1.165, 1.54) is 0 Å². The van der Waals surface area contributed by atoms with Crippen molar-refractivity contribution in [1.29, 1.82) is 0 Å². The Morgan fingerprint density at radius 2 is 2.13 bits per heavy atom. The summed E-state index contributed by atoms with van der Waals surface area (Å²) in [5, 5.41) is 13.4. The van der Waals surface area contributed by atoms with Gasteiger partial charge in [0, 0.05) is 16.7 Å². The summed E-state index contributed by atoms with van der Waals surface area (Å²) in [5.74, 6) is 0. The Balaban J connectivity index is 2.48. The average Bonchev–Trinajstić information content (AvgIpc) is 2.09. The first-order valence-corrected chi connectivity index (χ1v) is 5.97. The lowest BCUT2D eigenvalue weighted by Gasteiger charge is -2.17. The van der Waals surface area contributed by atoms with Crippen LogP contribution in [0, 0.1) is 0 Å². The second-order valence-corrected chi connectivity index (χ2v) is 5.38. The van der Waals surface area contributed by atoms with Crippen molar-refractivity contribution in [2.45, 2.75) is 25.9 Å². The maximum Gasteiger partial charge on any atom is 0.0608 e. The molecule has 84 valence electrons. The number of hydrogen-bond donors (Lipinski definition) is 2. The average molecular weight is 293 g/mol. The van der Waals surface area contributed by atoms with Crippen molar-refractivity contribution >= 4 is 33.2 Å². The van der Waals surface area contributed by atoms with E-state index >= 15 is 0 Å².